The van der Waals surface area contributed by atoms with Crippen molar-refractivity contribution in [2.24, 2.45) is 0 Å². The molecule has 0 radical (unpaired) electrons. The molecule has 4 nitrogen and oxygen atoms in total. The van der Waals surface area contributed by atoms with Crippen LogP contribution in [0.15, 0.2) is 18.2 Å². The van der Waals surface area contributed by atoms with Gasteiger partial charge in [0.15, 0.2) is 0 Å². The van der Waals surface area contributed by atoms with Gasteiger partial charge in [0.25, 0.3) is 0 Å². The van der Waals surface area contributed by atoms with E-state index in [0.29, 0.717) is 0 Å². The molecule has 0 aliphatic carbocycles. The second-order valence-electron chi connectivity index (χ2n) is 5.13. The summed E-state index contributed by atoms with van der Waals surface area (Å²) in [4.78, 5) is 0. The lowest BCUT2D eigenvalue weighted by atomic mass is 9.79. The van der Waals surface area contributed by atoms with E-state index >= 15 is 0 Å². The summed E-state index contributed by atoms with van der Waals surface area (Å²) in [7, 11) is -2.10. The van der Waals surface area contributed by atoms with Gasteiger partial charge in [0.2, 0.25) is 0 Å². The molecule has 0 spiro atoms. The maximum atomic E-state index is 12.5. The van der Waals surface area contributed by atoms with E-state index in [9.17, 15) is 8.78 Å². The summed E-state index contributed by atoms with van der Waals surface area (Å²) in [5.41, 5.74) is -2.73. The standard InChI is InChI=1S/C6H5BF2O2.C6H14O2/c8-4-2-1-3-5(9)6(4)7(10)11;1-5(2,7)6(3,4)8/h1-3,10-11H;7-8H,1-4H3. The van der Waals surface area contributed by atoms with E-state index in [2.05, 4.69) is 0 Å². The number of benzene rings is 1. The highest BCUT2D eigenvalue weighted by atomic mass is 19.1. The molecule has 1 rings (SSSR count). The first kappa shape index (κ1) is 18.0. The van der Waals surface area contributed by atoms with Crippen molar-refractivity contribution in [1.82, 2.24) is 0 Å². The van der Waals surface area contributed by atoms with Crippen LogP contribution < -0.4 is 5.46 Å². The summed E-state index contributed by atoms with van der Waals surface area (Å²) in [6, 6.07) is 3.06. The highest BCUT2D eigenvalue weighted by Gasteiger charge is 2.31. The lowest BCUT2D eigenvalue weighted by Crippen LogP contribution is -2.44. The SMILES string of the molecule is CC(C)(O)C(C)(C)O.OB(O)c1c(F)cccc1F. The zero-order valence-corrected chi connectivity index (χ0v) is 11.4. The summed E-state index contributed by atoms with van der Waals surface area (Å²) in [6.07, 6.45) is 0. The van der Waals surface area contributed by atoms with E-state index < -0.39 is 35.4 Å². The molecule has 0 aliphatic heterocycles. The first-order valence-corrected chi connectivity index (χ1v) is 5.62. The van der Waals surface area contributed by atoms with E-state index in [1.165, 1.54) is 0 Å². The van der Waals surface area contributed by atoms with Crippen LogP contribution in [0.4, 0.5) is 8.78 Å². The first-order valence-electron chi connectivity index (χ1n) is 5.62. The Labute approximate surface area is 111 Å². The summed E-state index contributed by atoms with van der Waals surface area (Å²) in [5, 5.41) is 35.1. The van der Waals surface area contributed by atoms with Crippen LogP contribution in [0.5, 0.6) is 0 Å². The fourth-order valence-electron chi connectivity index (χ4n) is 0.757. The Morgan fingerprint density at radius 2 is 1.21 bits per heavy atom. The fraction of sp³-hybridized carbons (Fsp3) is 0.500. The van der Waals surface area contributed by atoms with E-state index in [1.807, 2.05) is 0 Å². The molecule has 0 fully saturated rings. The van der Waals surface area contributed by atoms with Gasteiger partial charge < -0.3 is 20.3 Å². The third kappa shape index (κ3) is 5.65. The van der Waals surface area contributed by atoms with Crippen molar-refractivity contribution in [1.29, 1.82) is 0 Å². The molecule has 1 aromatic rings. The lowest BCUT2D eigenvalue weighted by Gasteiger charge is -2.31. The molecule has 108 valence electrons. The molecule has 0 aliphatic rings. The van der Waals surface area contributed by atoms with Gasteiger partial charge in [-0.1, -0.05) is 6.07 Å². The quantitative estimate of drug-likeness (QED) is 0.581. The third-order valence-corrected chi connectivity index (χ3v) is 2.76. The topological polar surface area (TPSA) is 80.9 Å². The zero-order valence-electron chi connectivity index (χ0n) is 11.4. The minimum absolute atomic E-state index is 0.715. The van der Waals surface area contributed by atoms with Crippen LogP contribution in [-0.4, -0.2) is 38.6 Å². The molecule has 19 heavy (non-hydrogen) atoms. The lowest BCUT2D eigenvalue weighted by molar-refractivity contribution is -0.107. The minimum Gasteiger partial charge on any atom is -0.423 e. The van der Waals surface area contributed by atoms with Crippen LogP contribution in [0.3, 0.4) is 0 Å². The van der Waals surface area contributed by atoms with E-state index in [1.54, 1.807) is 27.7 Å². The number of halogens is 2. The molecule has 0 saturated carbocycles. The van der Waals surface area contributed by atoms with Crippen molar-refractivity contribution in [2.75, 3.05) is 0 Å². The fourth-order valence-corrected chi connectivity index (χ4v) is 0.757. The van der Waals surface area contributed by atoms with Gasteiger partial charge in [0, 0.05) is 0 Å². The Hall–Kier alpha value is -1.02. The average Bonchev–Trinajstić information content (AvgIpc) is 2.13. The van der Waals surface area contributed by atoms with Crippen LogP contribution >= 0.6 is 0 Å². The third-order valence-electron chi connectivity index (χ3n) is 2.76. The van der Waals surface area contributed by atoms with Crippen LogP contribution in [0.1, 0.15) is 27.7 Å². The van der Waals surface area contributed by atoms with Crippen molar-refractivity contribution in [3.05, 3.63) is 29.8 Å². The van der Waals surface area contributed by atoms with Crippen LogP contribution in [0.2, 0.25) is 0 Å². The van der Waals surface area contributed by atoms with E-state index in [0.717, 1.165) is 18.2 Å². The van der Waals surface area contributed by atoms with Gasteiger partial charge in [0.1, 0.15) is 11.6 Å². The van der Waals surface area contributed by atoms with E-state index in [-0.39, 0.29) is 0 Å². The first-order chi connectivity index (χ1) is 8.38. The monoisotopic (exact) mass is 276 g/mol. The van der Waals surface area contributed by atoms with E-state index in [4.69, 9.17) is 20.3 Å². The van der Waals surface area contributed by atoms with Crippen molar-refractivity contribution in [2.45, 2.75) is 38.9 Å². The molecule has 0 heterocycles. The van der Waals surface area contributed by atoms with Crippen LogP contribution in [0, 0.1) is 11.6 Å². The Morgan fingerprint density at radius 1 is 0.895 bits per heavy atom. The van der Waals surface area contributed by atoms with Gasteiger partial charge in [-0.15, -0.1) is 0 Å². The maximum Gasteiger partial charge on any atom is 0.494 e. The molecule has 4 N–H and O–H groups in total. The Bertz CT molecular complexity index is 379. The molecular formula is C12H19BF2O4. The molecule has 0 unspecified atom stereocenters. The number of aliphatic hydroxyl groups is 2. The number of rotatable bonds is 2. The molecule has 0 atom stereocenters. The Kier molecular flexibility index (Phi) is 6.08. The molecule has 7 heteroatoms. The maximum absolute atomic E-state index is 12.5. The van der Waals surface area contributed by atoms with Gasteiger partial charge in [-0.25, -0.2) is 8.78 Å². The highest BCUT2D eigenvalue weighted by molar-refractivity contribution is 6.58. The minimum atomic E-state index is -2.10. The van der Waals surface area contributed by atoms with Crippen molar-refractivity contribution >= 4 is 12.6 Å². The van der Waals surface area contributed by atoms with Crippen LogP contribution in [-0.2, 0) is 0 Å². The zero-order chi connectivity index (χ0) is 15.4. The second-order valence-corrected chi connectivity index (χ2v) is 5.13. The Morgan fingerprint density at radius 3 is 1.37 bits per heavy atom. The van der Waals surface area contributed by atoms with Crippen LogP contribution in [0.25, 0.3) is 0 Å². The summed E-state index contributed by atoms with van der Waals surface area (Å²) in [5.74, 6) is -1.92. The smallest absolute Gasteiger partial charge is 0.423 e. The van der Waals surface area contributed by atoms with Gasteiger partial charge in [-0.2, -0.15) is 0 Å². The molecule has 0 bridgehead atoms. The van der Waals surface area contributed by atoms with Crippen molar-refractivity contribution < 1.29 is 29.0 Å². The average molecular weight is 276 g/mol. The molecular weight excluding hydrogens is 257 g/mol. The second kappa shape index (κ2) is 6.43. The number of hydrogen-bond acceptors (Lipinski definition) is 4. The normalized spacial score (nSPS) is 11.7. The predicted molar refractivity (Wildman–Crippen MR) is 68.8 cm³/mol. The van der Waals surface area contributed by atoms with Crippen molar-refractivity contribution in [3.8, 4) is 0 Å². The summed E-state index contributed by atoms with van der Waals surface area (Å²) < 4.78 is 25.1. The van der Waals surface area contributed by atoms with Gasteiger partial charge >= 0.3 is 7.12 Å². The summed E-state index contributed by atoms with van der Waals surface area (Å²) in [6.45, 7) is 6.31. The molecule has 0 saturated heterocycles. The molecule has 1 aromatic carbocycles. The van der Waals surface area contributed by atoms with Gasteiger partial charge in [-0.05, 0) is 39.8 Å². The van der Waals surface area contributed by atoms with Gasteiger partial charge in [0.05, 0.1) is 16.7 Å². The number of hydrogen-bond donors (Lipinski definition) is 4. The largest absolute Gasteiger partial charge is 0.494 e. The van der Waals surface area contributed by atoms with Gasteiger partial charge in [-0.3, -0.25) is 0 Å². The highest BCUT2D eigenvalue weighted by Crippen LogP contribution is 2.19. The Balaban J connectivity index is 0.000000362. The predicted octanol–water partition coefficient (Wildman–Crippen LogP) is 0.173. The molecule has 0 aromatic heterocycles. The summed E-state index contributed by atoms with van der Waals surface area (Å²) >= 11 is 0. The van der Waals surface area contributed by atoms with Crippen molar-refractivity contribution in [3.63, 3.8) is 0 Å². The molecule has 0 amide bonds.